The van der Waals surface area contributed by atoms with Crippen LogP contribution in [0.3, 0.4) is 0 Å². The van der Waals surface area contributed by atoms with Crippen LogP contribution in [0.25, 0.3) is 0 Å². The molecule has 2 aliphatic rings. The Morgan fingerprint density at radius 2 is 1.26 bits per heavy atom. The largest absolute Gasteiger partial charge is 0.461 e. The van der Waals surface area contributed by atoms with Crippen LogP contribution in [0.1, 0.15) is 40.2 Å². The quantitative estimate of drug-likeness (QED) is 0.330. The van der Waals surface area contributed by atoms with Gasteiger partial charge in [0.25, 0.3) is 11.8 Å². The summed E-state index contributed by atoms with van der Waals surface area (Å²) in [6.45, 7) is 8.47. The topological polar surface area (TPSA) is 121 Å². The molecule has 188 valence electrons. The Morgan fingerprint density at radius 1 is 0.853 bits per heavy atom. The number of hydrogen-bond donors (Lipinski definition) is 2. The van der Waals surface area contributed by atoms with Gasteiger partial charge in [-0.25, -0.2) is 0 Å². The molecular weight excluding hydrogens is 789 g/mol. The molecule has 1 aromatic rings. The van der Waals surface area contributed by atoms with Gasteiger partial charge in [0.2, 0.25) is 0 Å². The Kier molecular flexibility index (Phi) is 9.10. The molecule has 0 aliphatic carbocycles. The van der Waals surface area contributed by atoms with Gasteiger partial charge in [-0.2, -0.15) is 0 Å². The first kappa shape index (κ1) is 28.2. The van der Waals surface area contributed by atoms with E-state index in [4.69, 9.17) is 23.7 Å². The molecule has 2 aliphatic heterocycles. The maximum absolute atomic E-state index is 12.9. The van der Waals surface area contributed by atoms with E-state index in [1.54, 1.807) is 27.7 Å². The Balaban J connectivity index is 1.94. The number of halogens is 3. The highest BCUT2D eigenvalue weighted by molar-refractivity contribution is 14.1. The van der Waals surface area contributed by atoms with Crippen LogP contribution < -0.4 is 10.6 Å². The first-order valence-electron chi connectivity index (χ1n) is 10.3. The molecule has 0 spiro atoms. The van der Waals surface area contributed by atoms with Crippen molar-refractivity contribution in [2.45, 2.75) is 65.0 Å². The summed E-state index contributed by atoms with van der Waals surface area (Å²) >= 11 is 6.25. The summed E-state index contributed by atoms with van der Waals surface area (Å²) in [5, 5.41) is 5.80. The molecule has 2 N–H and O–H groups in total. The van der Waals surface area contributed by atoms with Gasteiger partial charge in [-0.15, -0.1) is 0 Å². The van der Waals surface area contributed by atoms with Crippen molar-refractivity contribution in [2.75, 3.05) is 23.8 Å². The van der Waals surface area contributed by atoms with Crippen LogP contribution in [0, 0.1) is 10.7 Å². The Hall–Kier alpha value is -0.340. The lowest BCUT2D eigenvalue weighted by Crippen LogP contribution is -2.34. The van der Waals surface area contributed by atoms with Crippen LogP contribution in [0.5, 0.6) is 0 Å². The van der Waals surface area contributed by atoms with Gasteiger partial charge in [0, 0.05) is 19.6 Å². The SMILES string of the molecule is CC(=O)OCc1c(I)c(NC(=O)C2COC(C)(C)O2)c(I)c(NC(=O)C2COC(C)(C)O2)c1I. The van der Waals surface area contributed by atoms with Gasteiger partial charge in [0.1, 0.15) is 6.61 Å². The third-order valence-corrected chi connectivity index (χ3v) is 8.39. The summed E-state index contributed by atoms with van der Waals surface area (Å²) in [6, 6.07) is 0. The number of amides is 2. The average Bonchev–Trinajstić information content (AvgIpc) is 3.29. The lowest BCUT2D eigenvalue weighted by molar-refractivity contribution is -0.150. The molecule has 1 aromatic carbocycles. The molecule has 2 heterocycles. The smallest absolute Gasteiger partial charge is 0.302 e. The van der Waals surface area contributed by atoms with E-state index in [9.17, 15) is 14.4 Å². The van der Waals surface area contributed by atoms with Crippen LogP contribution in [0.2, 0.25) is 0 Å². The molecular formula is C21H25I3N2O8. The second-order valence-corrected chi connectivity index (χ2v) is 11.8. The number of anilines is 2. The minimum absolute atomic E-state index is 0.0271. The minimum atomic E-state index is -0.856. The van der Waals surface area contributed by atoms with Crippen LogP contribution >= 0.6 is 67.8 Å². The highest BCUT2D eigenvalue weighted by atomic mass is 127. The number of nitrogens with one attached hydrogen (secondary N) is 2. The fourth-order valence-corrected chi connectivity index (χ4v) is 7.29. The summed E-state index contributed by atoms with van der Waals surface area (Å²) in [5.41, 5.74) is 1.60. The monoisotopic (exact) mass is 814 g/mol. The molecule has 2 atom stereocenters. The van der Waals surface area contributed by atoms with Crippen LogP contribution in [-0.2, 0) is 44.7 Å². The summed E-state index contributed by atoms with van der Waals surface area (Å²) in [4.78, 5) is 37.4. The minimum Gasteiger partial charge on any atom is -0.461 e. The summed E-state index contributed by atoms with van der Waals surface area (Å²) < 4.78 is 29.5. The molecule has 3 rings (SSSR count). The van der Waals surface area contributed by atoms with Crippen LogP contribution in [0.4, 0.5) is 11.4 Å². The van der Waals surface area contributed by atoms with E-state index in [1.807, 2.05) is 0 Å². The van der Waals surface area contributed by atoms with E-state index in [2.05, 4.69) is 78.4 Å². The van der Waals surface area contributed by atoms with Crippen molar-refractivity contribution in [3.8, 4) is 0 Å². The standard InChI is InChI=1S/C21H25I3N2O8/c1-9(27)30-6-10-13(22)16(25-18(28)11-7-31-20(2,3)33-11)15(24)17(14(10)23)26-19(29)12-8-32-21(4,5)34-12/h11-12H,6-8H2,1-5H3,(H,25,28)(H,26,29). The van der Waals surface area contributed by atoms with Crippen LogP contribution in [0.15, 0.2) is 0 Å². The van der Waals surface area contributed by atoms with Gasteiger partial charge >= 0.3 is 5.97 Å². The second-order valence-electron chi connectivity index (χ2n) is 8.56. The van der Waals surface area contributed by atoms with E-state index in [1.165, 1.54) is 6.92 Å². The number of esters is 1. The Morgan fingerprint density at radius 3 is 1.59 bits per heavy atom. The van der Waals surface area contributed by atoms with Crippen molar-refractivity contribution in [3.63, 3.8) is 0 Å². The first-order valence-corrected chi connectivity index (χ1v) is 13.5. The maximum atomic E-state index is 12.9. The van der Waals surface area contributed by atoms with E-state index in [0.29, 0.717) is 27.6 Å². The number of ether oxygens (including phenoxy) is 5. The molecule has 0 saturated carbocycles. The number of carbonyl (C=O) groups is 3. The highest BCUT2D eigenvalue weighted by Crippen LogP contribution is 2.40. The van der Waals surface area contributed by atoms with Crippen molar-refractivity contribution in [1.29, 1.82) is 0 Å². The van der Waals surface area contributed by atoms with Crippen molar-refractivity contribution in [1.82, 2.24) is 0 Å². The number of carbonyl (C=O) groups excluding carboxylic acids is 3. The second kappa shape index (κ2) is 11.0. The zero-order valence-electron chi connectivity index (χ0n) is 19.2. The fraction of sp³-hybridized carbons (Fsp3) is 0.571. The molecule has 0 radical (unpaired) electrons. The van der Waals surface area contributed by atoms with Gasteiger partial charge in [0.15, 0.2) is 23.8 Å². The van der Waals surface area contributed by atoms with Crippen molar-refractivity contribution in [2.24, 2.45) is 0 Å². The predicted octanol–water partition coefficient (Wildman–Crippen LogP) is 3.74. The lowest BCUT2D eigenvalue weighted by Gasteiger charge is -2.22. The molecule has 2 amide bonds. The lowest BCUT2D eigenvalue weighted by atomic mass is 10.1. The number of benzene rings is 1. The molecule has 0 bridgehead atoms. The molecule has 2 saturated heterocycles. The fourth-order valence-electron chi connectivity index (χ4n) is 3.28. The van der Waals surface area contributed by atoms with Crippen molar-refractivity contribution in [3.05, 3.63) is 16.3 Å². The normalized spacial score (nSPS) is 22.9. The van der Waals surface area contributed by atoms with Gasteiger partial charge in [0.05, 0.1) is 28.2 Å². The van der Waals surface area contributed by atoms with Gasteiger partial charge < -0.3 is 34.3 Å². The van der Waals surface area contributed by atoms with Gasteiger partial charge in [-0.3, -0.25) is 14.4 Å². The molecule has 2 unspecified atom stereocenters. The zero-order valence-corrected chi connectivity index (χ0v) is 25.6. The Bertz CT molecular complexity index is 947. The third-order valence-electron chi connectivity index (χ3n) is 4.93. The van der Waals surface area contributed by atoms with E-state index >= 15 is 0 Å². The third kappa shape index (κ3) is 6.70. The van der Waals surface area contributed by atoms with Gasteiger partial charge in [-0.1, -0.05) is 0 Å². The summed E-state index contributed by atoms with van der Waals surface area (Å²) in [5.74, 6) is -2.92. The summed E-state index contributed by atoms with van der Waals surface area (Å²) in [7, 11) is 0. The average molecular weight is 814 g/mol. The first-order chi connectivity index (χ1) is 15.7. The molecule has 10 nitrogen and oxygen atoms in total. The van der Waals surface area contributed by atoms with Crippen molar-refractivity contribution < 1.29 is 38.1 Å². The maximum Gasteiger partial charge on any atom is 0.302 e. The van der Waals surface area contributed by atoms with Crippen molar-refractivity contribution >= 4 is 96.9 Å². The molecule has 0 aromatic heterocycles. The van der Waals surface area contributed by atoms with Gasteiger partial charge in [-0.05, 0) is 95.5 Å². The molecule has 13 heteroatoms. The van der Waals surface area contributed by atoms with E-state index in [0.717, 1.165) is 0 Å². The number of hydrogen-bond acceptors (Lipinski definition) is 8. The summed E-state index contributed by atoms with van der Waals surface area (Å²) in [6.07, 6.45) is -1.58. The van der Waals surface area contributed by atoms with E-state index < -0.39 is 29.8 Å². The van der Waals surface area contributed by atoms with Crippen LogP contribution in [-0.4, -0.2) is 54.8 Å². The van der Waals surface area contributed by atoms with E-state index in [-0.39, 0.29) is 31.6 Å². The zero-order chi connectivity index (χ0) is 25.4. The molecule has 34 heavy (non-hydrogen) atoms. The molecule has 2 fully saturated rings. The number of rotatable bonds is 6. The predicted molar refractivity (Wildman–Crippen MR) is 147 cm³/mol. The highest BCUT2D eigenvalue weighted by Gasteiger charge is 2.39. The Labute approximate surface area is 238 Å².